The lowest BCUT2D eigenvalue weighted by molar-refractivity contribution is 0.0959. The molecule has 7 heteroatoms. The zero-order valence-electron chi connectivity index (χ0n) is 24.0. The van der Waals surface area contributed by atoms with Gasteiger partial charge in [0, 0.05) is 43.1 Å². The van der Waals surface area contributed by atoms with Crippen molar-refractivity contribution >= 4 is 17.3 Å². The van der Waals surface area contributed by atoms with Crippen molar-refractivity contribution in [2.75, 3.05) is 43.1 Å². The molecule has 1 saturated heterocycles. The minimum atomic E-state index is -0.240. The maximum atomic E-state index is 14.2. The molecule has 0 spiro atoms. The van der Waals surface area contributed by atoms with Gasteiger partial charge in [0.05, 0.1) is 25.3 Å². The molecule has 1 aliphatic heterocycles. The van der Waals surface area contributed by atoms with Crippen LogP contribution in [-0.2, 0) is 6.54 Å². The van der Waals surface area contributed by atoms with Crippen molar-refractivity contribution in [2.45, 2.75) is 6.54 Å². The summed E-state index contributed by atoms with van der Waals surface area (Å²) in [5.74, 6) is 1.34. The van der Waals surface area contributed by atoms with E-state index in [-0.39, 0.29) is 11.7 Å². The van der Waals surface area contributed by atoms with Gasteiger partial charge in [-0.25, -0.2) is 0 Å². The zero-order valence-corrected chi connectivity index (χ0v) is 24.0. The van der Waals surface area contributed by atoms with Gasteiger partial charge in [-0.1, -0.05) is 36.4 Å². The number of benzene rings is 4. The van der Waals surface area contributed by atoms with Crippen molar-refractivity contribution in [3.05, 3.63) is 126 Å². The van der Waals surface area contributed by atoms with Crippen LogP contribution in [0.1, 0.15) is 21.7 Å². The summed E-state index contributed by atoms with van der Waals surface area (Å²) in [7, 11) is 1.66. The summed E-state index contributed by atoms with van der Waals surface area (Å²) in [6.45, 7) is 4.13. The highest BCUT2D eigenvalue weighted by Gasteiger charge is 2.24. The second-order valence-electron chi connectivity index (χ2n) is 10.4. The van der Waals surface area contributed by atoms with Gasteiger partial charge in [0.15, 0.2) is 5.76 Å². The highest BCUT2D eigenvalue weighted by atomic mass is 16.5. The lowest BCUT2D eigenvalue weighted by atomic mass is 9.99. The Morgan fingerprint density at radius 3 is 2.42 bits per heavy atom. The third kappa shape index (κ3) is 6.15. The van der Waals surface area contributed by atoms with E-state index in [0.717, 1.165) is 65.6 Å². The molecule has 7 nitrogen and oxygen atoms in total. The molecule has 214 valence electrons. The number of rotatable bonds is 8. The number of furan rings is 1. The van der Waals surface area contributed by atoms with E-state index in [9.17, 15) is 4.79 Å². The van der Waals surface area contributed by atoms with E-state index in [1.807, 2.05) is 60.7 Å². The van der Waals surface area contributed by atoms with Crippen LogP contribution in [0.25, 0.3) is 22.5 Å². The Labute approximate surface area is 251 Å². The number of nitrogens with zero attached hydrogens (tertiary/aromatic N) is 3. The van der Waals surface area contributed by atoms with E-state index in [0.29, 0.717) is 17.9 Å². The van der Waals surface area contributed by atoms with Gasteiger partial charge < -0.3 is 24.3 Å². The minimum Gasteiger partial charge on any atom is -0.497 e. The zero-order chi connectivity index (χ0) is 29.6. The topological polar surface area (TPSA) is 81.7 Å². The summed E-state index contributed by atoms with van der Waals surface area (Å²) in [6.07, 6.45) is 0. The molecule has 1 amide bonds. The third-order valence-electron chi connectivity index (χ3n) is 7.73. The number of carbonyl (C=O) groups is 1. The van der Waals surface area contributed by atoms with Crippen LogP contribution < -0.4 is 19.9 Å². The third-order valence-corrected chi connectivity index (χ3v) is 7.73. The highest BCUT2D eigenvalue weighted by molar-refractivity contribution is 6.04. The van der Waals surface area contributed by atoms with E-state index in [4.69, 9.17) is 14.4 Å². The number of anilines is 2. The van der Waals surface area contributed by atoms with Crippen LogP contribution in [0.4, 0.5) is 11.4 Å². The average molecular weight is 569 g/mol. The van der Waals surface area contributed by atoms with E-state index in [1.54, 1.807) is 36.3 Å². The summed E-state index contributed by atoms with van der Waals surface area (Å²) in [6, 6.07) is 37.0. The lowest BCUT2D eigenvalue weighted by Crippen LogP contribution is -2.43. The number of nitrogens with one attached hydrogen (secondary N) is 1. The number of hydrogen-bond acceptors (Lipinski definition) is 6. The smallest absolute Gasteiger partial charge is 0.294 e. The minimum absolute atomic E-state index is 0.240. The number of piperazine rings is 1. The van der Waals surface area contributed by atoms with Gasteiger partial charge in [-0.05, 0) is 89.5 Å². The summed E-state index contributed by atoms with van der Waals surface area (Å²) in [5, 5.41) is 12.5. The number of nitriles is 1. The Hall–Kier alpha value is -5.32. The van der Waals surface area contributed by atoms with E-state index >= 15 is 0 Å². The number of amides is 1. The summed E-state index contributed by atoms with van der Waals surface area (Å²) < 4.78 is 11.6. The fourth-order valence-corrected chi connectivity index (χ4v) is 5.40. The Morgan fingerprint density at radius 2 is 1.67 bits per heavy atom. The second-order valence-corrected chi connectivity index (χ2v) is 10.4. The van der Waals surface area contributed by atoms with Crippen molar-refractivity contribution in [2.24, 2.45) is 0 Å². The number of ether oxygens (including phenoxy) is 1. The van der Waals surface area contributed by atoms with Gasteiger partial charge in [0.25, 0.3) is 5.91 Å². The number of hydrogen-bond donors (Lipinski definition) is 1. The summed E-state index contributed by atoms with van der Waals surface area (Å²) >= 11 is 0. The molecule has 1 fully saturated rings. The fraction of sp³-hybridized carbons (Fsp3) is 0.167. The molecule has 4 aromatic carbocycles. The van der Waals surface area contributed by atoms with Gasteiger partial charge >= 0.3 is 0 Å². The fourth-order valence-electron chi connectivity index (χ4n) is 5.40. The van der Waals surface area contributed by atoms with E-state index in [1.165, 1.54) is 0 Å². The van der Waals surface area contributed by atoms with Crippen LogP contribution in [0, 0.1) is 11.3 Å². The van der Waals surface area contributed by atoms with Gasteiger partial charge in [0.2, 0.25) is 0 Å². The Morgan fingerprint density at radius 1 is 0.907 bits per heavy atom. The van der Waals surface area contributed by atoms with E-state index < -0.39 is 0 Å². The molecular weight excluding hydrogens is 536 g/mol. The number of methoxy groups -OCH3 is 1. The molecule has 0 bridgehead atoms. The molecule has 1 aliphatic rings. The van der Waals surface area contributed by atoms with E-state index in [2.05, 4.69) is 40.6 Å². The van der Waals surface area contributed by atoms with Crippen LogP contribution in [0.2, 0.25) is 0 Å². The van der Waals surface area contributed by atoms with Gasteiger partial charge in [-0.15, -0.1) is 0 Å². The predicted molar refractivity (Wildman–Crippen MR) is 169 cm³/mol. The van der Waals surface area contributed by atoms with Gasteiger partial charge in [-0.2, -0.15) is 5.26 Å². The molecule has 0 radical (unpaired) electrons. The van der Waals surface area contributed by atoms with Crippen LogP contribution in [0.5, 0.6) is 5.75 Å². The summed E-state index contributed by atoms with van der Waals surface area (Å²) in [4.78, 5) is 18.3. The second kappa shape index (κ2) is 12.7. The molecule has 0 atom stereocenters. The van der Waals surface area contributed by atoms with Crippen molar-refractivity contribution in [1.29, 1.82) is 5.26 Å². The maximum absolute atomic E-state index is 14.2. The highest BCUT2D eigenvalue weighted by Crippen LogP contribution is 2.31. The van der Waals surface area contributed by atoms with Crippen molar-refractivity contribution < 1.29 is 13.9 Å². The molecule has 43 heavy (non-hydrogen) atoms. The van der Waals surface area contributed by atoms with Crippen LogP contribution in [0.3, 0.4) is 0 Å². The van der Waals surface area contributed by atoms with Crippen LogP contribution in [0.15, 0.2) is 114 Å². The molecular formula is C36H32N4O3. The SMILES string of the molecule is COc1cccc(-c2ccccc2CN(C(=O)c2ccc(-c3ccc(C#N)cc3)o2)c2ccc(N3CCNCC3)cc2)c1. The quantitative estimate of drug-likeness (QED) is 0.223. The van der Waals surface area contributed by atoms with Crippen LogP contribution >= 0.6 is 0 Å². The first-order valence-corrected chi connectivity index (χ1v) is 14.3. The first kappa shape index (κ1) is 27.8. The molecule has 5 aromatic rings. The Balaban J connectivity index is 1.35. The molecule has 1 aromatic heterocycles. The van der Waals surface area contributed by atoms with Crippen molar-refractivity contribution in [3.63, 3.8) is 0 Å². The van der Waals surface area contributed by atoms with Crippen molar-refractivity contribution in [1.82, 2.24) is 5.32 Å². The molecule has 6 rings (SSSR count). The maximum Gasteiger partial charge on any atom is 0.294 e. The predicted octanol–water partition coefficient (Wildman–Crippen LogP) is 6.75. The van der Waals surface area contributed by atoms with Crippen LogP contribution in [-0.4, -0.2) is 39.2 Å². The Kier molecular flexibility index (Phi) is 8.21. The first-order chi connectivity index (χ1) is 21.1. The first-order valence-electron chi connectivity index (χ1n) is 14.3. The largest absolute Gasteiger partial charge is 0.497 e. The molecule has 2 heterocycles. The lowest BCUT2D eigenvalue weighted by Gasteiger charge is -2.30. The molecule has 1 N–H and O–H groups in total. The normalized spacial score (nSPS) is 12.9. The average Bonchev–Trinajstić information content (AvgIpc) is 3.58. The summed E-state index contributed by atoms with van der Waals surface area (Å²) in [5.41, 5.74) is 6.31. The standard InChI is InChI=1S/C36H32N4O3/c1-42-32-7-4-6-28(23-32)33-8-3-2-5-29(33)25-40(31-15-13-30(14-16-31)39-21-19-38-20-22-39)36(41)35-18-17-34(43-35)27-11-9-26(24-37)10-12-27/h2-18,23,38H,19-22,25H2,1H3. The van der Waals surface area contributed by atoms with Crippen molar-refractivity contribution in [3.8, 4) is 34.3 Å². The van der Waals surface area contributed by atoms with Gasteiger partial charge in [-0.3, -0.25) is 4.79 Å². The Bertz CT molecular complexity index is 1750. The molecule has 0 unspecified atom stereocenters. The van der Waals surface area contributed by atoms with Gasteiger partial charge in [0.1, 0.15) is 11.5 Å². The molecule has 0 aliphatic carbocycles. The number of carbonyl (C=O) groups excluding carboxylic acids is 1. The molecule has 0 saturated carbocycles. The monoisotopic (exact) mass is 568 g/mol.